The number of hydrogen-bond donors (Lipinski definition) is 0. The standard InChI is InChI=1S/C61H50B2N4O2/c1-60(2,3)39-33-50-56-54(35-39)68-52-30-20-19-29-46(52)62(56)48-38-49-59(64-58(48)66(50)43-25-15-9-16-26-43)67(44-27-17-10-18-28-44)51-34-40(61(4,5)6)36-55-57(51)63(49)47-32-31-45(37-53(47)69-55)65(41-21-11-7-12-22-41)42-23-13-8-14-24-42/h7-38H,1-6H3. The van der Waals surface area contributed by atoms with E-state index >= 15 is 0 Å². The molecule has 0 atom stereocenters. The summed E-state index contributed by atoms with van der Waals surface area (Å²) in [6.45, 7) is 13.3. The molecule has 1 aromatic heterocycles. The van der Waals surface area contributed by atoms with Crippen LogP contribution in [0.1, 0.15) is 52.7 Å². The summed E-state index contributed by atoms with van der Waals surface area (Å²) in [6.07, 6.45) is 0. The molecule has 4 aliphatic rings. The lowest BCUT2D eigenvalue weighted by Crippen LogP contribution is -2.64. The molecule has 4 aliphatic heterocycles. The first-order chi connectivity index (χ1) is 33.5. The molecule has 0 fully saturated rings. The largest absolute Gasteiger partial charge is 0.458 e. The van der Waals surface area contributed by atoms with Crippen LogP contribution in [-0.2, 0) is 10.8 Å². The molecule has 69 heavy (non-hydrogen) atoms. The Balaban J connectivity index is 1.12. The van der Waals surface area contributed by atoms with E-state index in [0.717, 1.165) is 107 Å². The average Bonchev–Trinajstić information content (AvgIpc) is 3.36. The SMILES string of the molecule is CC(C)(C)c1cc2c3c(c1)N(c1ccccc1)c1nc4c(cc1B3c1ccccc1O2)B1c2ccc(N(c3ccccc3)c3ccccc3)cc2Oc2cc(C(C)(C)C)cc(c21)N4c1ccccc1. The number of hydrogen-bond acceptors (Lipinski definition) is 6. The highest BCUT2D eigenvalue weighted by Crippen LogP contribution is 2.47. The minimum absolute atomic E-state index is 0.136. The van der Waals surface area contributed by atoms with Crippen molar-refractivity contribution in [2.75, 3.05) is 14.7 Å². The van der Waals surface area contributed by atoms with Crippen molar-refractivity contribution in [1.29, 1.82) is 0 Å². The van der Waals surface area contributed by atoms with Gasteiger partial charge >= 0.3 is 0 Å². The molecular weight excluding hydrogens is 842 g/mol. The predicted molar refractivity (Wildman–Crippen MR) is 288 cm³/mol. The lowest BCUT2D eigenvalue weighted by molar-refractivity contribution is 0.483. The minimum atomic E-state index is -0.194. The van der Waals surface area contributed by atoms with Gasteiger partial charge < -0.3 is 14.4 Å². The number of anilines is 9. The molecule has 0 unspecified atom stereocenters. The van der Waals surface area contributed by atoms with Gasteiger partial charge in [0.2, 0.25) is 0 Å². The molecule has 0 saturated heterocycles. The zero-order valence-corrected chi connectivity index (χ0v) is 39.7. The monoisotopic (exact) mass is 892 g/mol. The van der Waals surface area contributed by atoms with E-state index in [-0.39, 0.29) is 24.3 Å². The Morgan fingerprint density at radius 3 is 1.32 bits per heavy atom. The first-order valence-corrected chi connectivity index (χ1v) is 24.1. The second-order valence-electron chi connectivity index (χ2n) is 20.8. The average molecular weight is 893 g/mol. The third kappa shape index (κ3) is 6.53. The van der Waals surface area contributed by atoms with Gasteiger partial charge in [-0.15, -0.1) is 0 Å². The summed E-state index contributed by atoms with van der Waals surface area (Å²) in [5.41, 5.74) is 16.3. The van der Waals surface area contributed by atoms with E-state index in [9.17, 15) is 0 Å². The molecule has 0 spiro atoms. The summed E-state index contributed by atoms with van der Waals surface area (Å²) in [5, 5.41) is 0. The molecule has 8 heteroatoms. The number of benzene rings is 8. The van der Waals surface area contributed by atoms with E-state index in [1.165, 1.54) is 11.1 Å². The van der Waals surface area contributed by atoms with Crippen LogP contribution in [0.5, 0.6) is 23.0 Å². The summed E-state index contributed by atoms with van der Waals surface area (Å²) in [4.78, 5) is 13.2. The van der Waals surface area contributed by atoms with Gasteiger partial charge in [0.15, 0.2) is 0 Å². The first-order valence-electron chi connectivity index (χ1n) is 24.1. The van der Waals surface area contributed by atoms with Crippen LogP contribution in [0.25, 0.3) is 0 Å². The van der Waals surface area contributed by atoms with Crippen LogP contribution in [0.3, 0.4) is 0 Å². The number of aromatic nitrogens is 1. The van der Waals surface area contributed by atoms with E-state index in [0.29, 0.717) is 0 Å². The zero-order chi connectivity index (χ0) is 46.8. The van der Waals surface area contributed by atoms with E-state index in [4.69, 9.17) is 14.5 Å². The number of nitrogens with zero attached hydrogens (tertiary/aromatic N) is 4. The van der Waals surface area contributed by atoms with Crippen molar-refractivity contribution in [3.8, 4) is 23.0 Å². The Kier molecular flexibility index (Phi) is 9.13. The molecule has 6 nitrogen and oxygen atoms in total. The van der Waals surface area contributed by atoms with Crippen LogP contribution in [-0.4, -0.2) is 18.4 Å². The summed E-state index contributed by atoms with van der Waals surface area (Å²) < 4.78 is 14.3. The molecule has 0 aliphatic carbocycles. The van der Waals surface area contributed by atoms with E-state index in [1.807, 2.05) is 0 Å². The van der Waals surface area contributed by atoms with Crippen molar-refractivity contribution < 1.29 is 9.47 Å². The quantitative estimate of drug-likeness (QED) is 0.160. The van der Waals surface area contributed by atoms with Crippen LogP contribution in [0.4, 0.5) is 51.4 Å². The van der Waals surface area contributed by atoms with Gasteiger partial charge in [-0.2, -0.15) is 0 Å². The highest BCUT2D eigenvalue weighted by atomic mass is 16.5. The molecular formula is C61H50B2N4O2. The Bertz CT molecular complexity index is 3460. The molecule has 0 radical (unpaired) electrons. The number of para-hydroxylation sites is 5. The maximum atomic E-state index is 7.31. The van der Waals surface area contributed by atoms with Crippen molar-refractivity contribution >= 4 is 97.6 Å². The van der Waals surface area contributed by atoms with Gasteiger partial charge in [-0.1, -0.05) is 145 Å². The predicted octanol–water partition coefficient (Wildman–Crippen LogP) is 12.0. The highest BCUT2D eigenvalue weighted by molar-refractivity contribution is 7.02. The van der Waals surface area contributed by atoms with Crippen LogP contribution in [0.2, 0.25) is 0 Å². The number of ether oxygens (including phenoxy) is 2. The van der Waals surface area contributed by atoms with Crippen LogP contribution < -0.4 is 57.0 Å². The fourth-order valence-corrected chi connectivity index (χ4v) is 11.0. The van der Waals surface area contributed by atoms with Crippen molar-refractivity contribution in [2.45, 2.75) is 52.4 Å². The van der Waals surface area contributed by atoms with Crippen molar-refractivity contribution in [2.24, 2.45) is 0 Å². The van der Waals surface area contributed by atoms with E-state index in [2.05, 4.69) is 250 Å². The molecule has 13 rings (SSSR count). The van der Waals surface area contributed by atoms with Crippen molar-refractivity contribution in [3.05, 3.63) is 205 Å². The summed E-state index contributed by atoms with van der Waals surface area (Å²) in [6, 6.07) is 69.8. The third-order valence-electron chi connectivity index (χ3n) is 14.4. The summed E-state index contributed by atoms with van der Waals surface area (Å²) >= 11 is 0. The molecule has 9 aromatic rings. The maximum Gasteiger partial charge on any atom is 0.258 e. The maximum absolute atomic E-state index is 7.31. The molecule has 5 heterocycles. The van der Waals surface area contributed by atoms with Gasteiger partial charge in [0.05, 0.1) is 0 Å². The van der Waals surface area contributed by atoms with Gasteiger partial charge in [-0.3, -0.25) is 9.80 Å². The Morgan fingerprint density at radius 2 is 0.826 bits per heavy atom. The second-order valence-corrected chi connectivity index (χ2v) is 20.8. The van der Waals surface area contributed by atoms with Gasteiger partial charge in [-0.25, -0.2) is 4.98 Å². The van der Waals surface area contributed by atoms with Gasteiger partial charge in [-0.05, 0) is 140 Å². The summed E-state index contributed by atoms with van der Waals surface area (Å²) in [7, 11) is 0. The molecule has 0 saturated carbocycles. The fourth-order valence-electron chi connectivity index (χ4n) is 11.0. The normalized spacial score (nSPS) is 13.8. The molecule has 0 amide bonds. The van der Waals surface area contributed by atoms with Gasteiger partial charge in [0.1, 0.15) is 34.6 Å². The van der Waals surface area contributed by atoms with Crippen molar-refractivity contribution in [3.63, 3.8) is 0 Å². The lowest BCUT2D eigenvalue weighted by atomic mass is 9.31. The van der Waals surface area contributed by atoms with Crippen LogP contribution in [0, 0.1) is 0 Å². The minimum Gasteiger partial charge on any atom is -0.458 e. The fraction of sp³-hybridized carbons (Fsp3) is 0.131. The Hall–Kier alpha value is -7.96. The molecule has 0 N–H and O–H groups in total. The number of rotatable bonds is 5. The van der Waals surface area contributed by atoms with E-state index < -0.39 is 0 Å². The molecule has 332 valence electrons. The van der Waals surface area contributed by atoms with E-state index in [1.54, 1.807) is 0 Å². The van der Waals surface area contributed by atoms with Crippen LogP contribution >= 0.6 is 0 Å². The van der Waals surface area contributed by atoms with Gasteiger partial charge in [0.25, 0.3) is 13.4 Å². The smallest absolute Gasteiger partial charge is 0.258 e. The number of pyridine rings is 1. The topological polar surface area (TPSA) is 41.1 Å². The Labute approximate surface area is 405 Å². The lowest BCUT2D eigenvalue weighted by Gasteiger charge is -2.44. The third-order valence-corrected chi connectivity index (χ3v) is 14.4. The Morgan fingerprint density at radius 1 is 0.391 bits per heavy atom. The zero-order valence-electron chi connectivity index (χ0n) is 39.7. The first kappa shape index (κ1) is 41.2. The highest BCUT2D eigenvalue weighted by Gasteiger charge is 2.48. The summed E-state index contributed by atoms with van der Waals surface area (Å²) in [5.74, 6) is 5.28. The van der Waals surface area contributed by atoms with Crippen LogP contribution in [0.15, 0.2) is 194 Å². The molecule has 8 aromatic carbocycles. The number of fused-ring (bicyclic) bond motifs is 8. The van der Waals surface area contributed by atoms with Crippen molar-refractivity contribution in [1.82, 2.24) is 4.98 Å². The molecule has 0 bridgehead atoms. The van der Waals surface area contributed by atoms with Gasteiger partial charge in [0, 0.05) is 45.9 Å². The second kappa shape index (κ2) is 15.3.